The summed E-state index contributed by atoms with van der Waals surface area (Å²) in [6.45, 7) is 3.54. The lowest BCUT2D eigenvalue weighted by atomic mass is 10.0. The molecule has 0 spiro atoms. The molecule has 2 aromatic rings. The van der Waals surface area contributed by atoms with Gasteiger partial charge in [0.05, 0.1) is 6.42 Å². The predicted molar refractivity (Wildman–Crippen MR) is 76.4 cm³/mol. The number of aromatic nitrogens is 1. The Balaban J connectivity index is 2.10. The van der Waals surface area contributed by atoms with Gasteiger partial charge in [0.15, 0.2) is 0 Å². The Morgan fingerprint density at radius 3 is 2.65 bits per heavy atom. The van der Waals surface area contributed by atoms with Gasteiger partial charge in [-0.2, -0.15) is 0 Å². The topological polar surface area (TPSA) is 82.2 Å². The second-order valence-electron chi connectivity index (χ2n) is 5.16. The average Bonchev–Trinajstić information content (AvgIpc) is 2.79. The monoisotopic (exact) mass is 274 g/mol. The van der Waals surface area contributed by atoms with Crippen molar-refractivity contribution in [2.24, 2.45) is 5.92 Å². The van der Waals surface area contributed by atoms with Gasteiger partial charge in [-0.05, 0) is 17.5 Å². The number of carboxylic acids is 1. The van der Waals surface area contributed by atoms with Gasteiger partial charge in [0.2, 0.25) is 5.91 Å². The zero-order valence-electron chi connectivity index (χ0n) is 11.5. The van der Waals surface area contributed by atoms with Crippen molar-refractivity contribution in [1.82, 2.24) is 10.3 Å². The van der Waals surface area contributed by atoms with Crippen molar-refractivity contribution in [3.8, 4) is 0 Å². The number of carboxylic acid groups (broad SMARTS) is 1. The summed E-state index contributed by atoms with van der Waals surface area (Å²) in [5.41, 5.74) is 1.83. The molecule has 1 amide bonds. The zero-order valence-corrected chi connectivity index (χ0v) is 11.5. The van der Waals surface area contributed by atoms with Gasteiger partial charge in [-0.25, -0.2) is 4.79 Å². The molecule has 0 aliphatic rings. The van der Waals surface area contributed by atoms with E-state index in [4.69, 9.17) is 5.11 Å². The lowest BCUT2D eigenvalue weighted by Gasteiger charge is -2.17. The number of fused-ring (bicyclic) bond motifs is 1. The molecule has 0 saturated heterocycles. The minimum Gasteiger partial charge on any atom is -0.480 e. The highest BCUT2D eigenvalue weighted by molar-refractivity contribution is 5.90. The average molecular weight is 274 g/mol. The highest BCUT2D eigenvalue weighted by atomic mass is 16.4. The fourth-order valence-corrected chi connectivity index (χ4v) is 2.19. The van der Waals surface area contributed by atoms with Crippen LogP contribution >= 0.6 is 0 Å². The SMILES string of the molecule is CC(C)C(NC(=O)Cc1c[nH]c2ccccc12)C(=O)O. The number of amides is 1. The summed E-state index contributed by atoms with van der Waals surface area (Å²) >= 11 is 0. The molecule has 1 aromatic carbocycles. The van der Waals surface area contributed by atoms with Crippen molar-refractivity contribution in [2.75, 3.05) is 0 Å². The van der Waals surface area contributed by atoms with Crippen LogP contribution in [0.4, 0.5) is 0 Å². The third-order valence-corrected chi connectivity index (χ3v) is 3.28. The maximum atomic E-state index is 12.0. The summed E-state index contributed by atoms with van der Waals surface area (Å²) in [5.74, 6) is -1.44. The summed E-state index contributed by atoms with van der Waals surface area (Å²) in [6, 6.07) is 6.84. The second-order valence-corrected chi connectivity index (χ2v) is 5.16. The fourth-order valence-electron chi connectivity index (χ4n) is 2.19. The van der Waals surface area contributed by atoms with Gasteiger partial charge in [-0.15, -0.1) is 0 Å². The van der Waals surface area contributed by atoms with Crippen LogP contribution < -0.4 is 5.32 Å². The summed E-state index contributed by atoms with van der Waals surface area (Å²) in [7, 11) is 0. The Morgan fingerprint density at radius 1 is 1.30 bits per heavy atom. The molecule has 5 nitrogen and oxygen atoms in total. The second kappa shape index (κ2) is 5.77. The van der Waals surface area contributed by atoms with E-state index in [2.05, 4.69) is 10.3 Å². The third kappa shape index (κ3) is 2.99. The molecule has 0 saturated carbocycles. The largest absolute Gasteiger partial charge is 0.480 e. The molecule has 0 aliphatic carbocycles. The van der Waals surface area contributed by atoms with Crippen LogP contribution in [0.5, 0.6) is 0 Å². The van der Waals surface area contributed by atoms with E-state index in [1.807, 2.05) is 24.3 Å². The summed E-state index contributed by atoms with van der Waals surface area (Å²) in [4.78, 5) is 26.2. The first kappa shape index (κ1) is 14.1. The first-order valence-corrected chi connectivity index (χ1v) is 6.56. The van der Waals surface area contributed by atoms with E-state index >= 15 is 0 Å². The van der Waals surface area contributed by atoms with Crippen molar-refractivity contribution in [1.29, 1.82) is 0 Å². The number of para-hydroxylation sites is 1. The smallest absolute Gasteiger partial charge is 0.326 e. The highest BCUT2D eigenvalue weighted by Gasteiger charge is 2.23. The van der Waals surface area contributed by atoms with Gasteiger partial charge >= 0.3 is 5.97 Å². The number of hydrogen-bond acceptors (Lipinski definition) is 2. The van der Waals surface area contributed by atoms with Crippen molar-refractivity contribution in [3.63, 3.8) is 0 Å². The molecule has 20 heavy (non-hydrogen) atoms. The molecule has 0 bridgehead atoms. The number of carbonyl (C=O) groups excluding carboxylic acids is 1. The zero-order chi connectivity index (χ0) is 14.7. The maximum Gasteiger partial charge on any atom is 0.326 e. The number of H-pyrrole nitrogens is 1. The molecule has 106 valence electrons. The predicted octanol–water partition coefficient (Wildman–Crippen LogP) is 1.94. The first-order chi connectivity index (χ1) is 9.49. The highest BCUT2D eigenvalue weighted by Crippen LogP contribution is 2.18. The quantitative estimate of drug-likeness (QED) is 0.779. The number of aromatic amines is 1. The minimum atomic E-state index is -1.01. The van der Waals surface area contributed by atoms with Crippen LogP contribution in [-0.4, -0.2) is 28.0 Å². The summed E-state index contributed by atoms with van der Waals surface area (Å²) in [6.07, 6.45) is 1.95. The van der Waals surface area contributed by atoms with Gasteiger partial charge in [-0.1, -0.05) is 32.0 Å². The normalized spacial score (nSPS) is 12.6. The number of benzene rings is 1. The number of rotatable bonds is 5. The van der Waals surface area contributed by atoms with Gasteiger partial charge in [0.25, 0.3) is 0 Å². The van der Waals surface area contributed by atoms with Crippen molar-refractivity contribution in [2.45, 2.75) is 26.3 Å². The number of aliphatic carboxylic acids is 1. The molecule has 3 N–H and O–H groups in total. The van der Waals surface area contributed by atoms with Crippen LogP contribution in [0.3, 0.4) is 0 Å². The van der Waals surface area contributed by atoms with E-state index in [1.165, 1.54) is 0 Å². The molecular formula is C15H18N2O3. The lowest BCUT2D eigenvalue weighted by molar-refractivity contribution is -0.143. The standard InChI is InChI=1S/C15H18N2O3/c1-9(2)14(15(19)20)17-13(18)7-10-8-16-12-6-4-3-5-11(10)12/h3-6,8-9,14,16H,7H2,1-2H3,(H,17,18)(H,19,20). The van der Waals surface area contributed by atoms with Gasteiger partial charge in [0, 0.05) is 17.1 Å². The molecule has 1 unspecified atom stereocenters. The third-order valence-electron chi connectivity index (χ3n) is 3.28. The van der Waals surface area contributed by atoms with E-state index in [1.54, 1.807) is 20.0 Å². The molecule has 1 atom stereocenters. The van der Waals surface area contributed by atoms with Crippen LogP contribution in [0.15, 0.2) is 30.5 Å². The molecule has 1 aromatic heterocycles. The van der Waals surface area contributed by atoms with Crippen molar-refractivity contribution < 1.29 is 14.7 Å². The van der Waals surface area contributed by atoms with Gasteiger partial charge in [-0.3, -0.25) is 4.79 Å². The van der Waals surface area contributed by atoms with E-state index < -0.39 is 12.0 Å². The Hall–Kier alpha value is -2.30. The van der Waals surface area contributed by atoms with Crippen LogP contribution in [-0.2, 0) is 16.0 Å². The number of hydrogen-bond donors (Lipinski definition) is 3. The maximum absolute atomic E-state index is 12.0. The molecule has 5 heteroatoms. The lowest BCUT2D eigenvalue weighted by Crippen LogP contribution is -2.44. The van der Waals surface area contributed by atoms with E-state index in [0.717, 1.165) is 16.5 Å². The summed E-state index contributed by atoms with van der Waals surface area (Å²) in [5, 5.41) is 12.6. The first-order valence-electron chi connectivity index (χ1n) is 6.56. The Morgan fingerprint density at radius 2 is 2.00 bits per heavy atom. The van der Waals surface area contributed by atoms with Gasteiger partial charge in [0.1, 0.15) is 6.04 Å². The van der Waals surface area contributed by atoms with E-state index in [9.17, 15) is 9.59 Å². The van der Waals surface area contributed by atoms with E-state index in [0.29, 0.717) is 0 Å². The molecule has 0 radical (unpaired) electrons. The molecule has 2 rings (SSSR count). The van der Waals surface area contributed by atoms with E-state index in [-0.39, 0.29) is 18.2 Å². The number of nitrogens with one attached hydrogen (secondary N) is 2. The molecule has 0 aliphatic heterocycles. The van der Waals surface area contributed by atoms with Gasteiger partial charge < -0.3 is 15.4 Å². The van der Waals surface area contributed by atoms with Crippen molar-refractivity contribution in [3.05, 3.63) is 36.0 Å². The fraction of sp³-hybridized carbons (Fsp3) is 0.333. The van der Waals surface area contributed by atoms with Crippen LogP contribution in [0.25, 0.3) is 10.9 Å². The van der Waals surface area contributed by atoms with Crippen molar-refractivity contribution >= 4 is 22.8 Å². The molecular weight excluding hydrogens is 256 g/mol. The Labute approximate surface area is 117 Å². The van der Waals surface area contributed by atoms with Crippen LogP contribution in [0.2, 0.25) is 0 Å². The van der Waals surface area contributed by atoms with Crippen LogP contribution in [0, 0.1) is 5.92 Å². The summed E-state index contributed by atoms with van der Waals surface area (Å²) < 4.78 is 0. The number of carbonyl (C=O) groups is 2. The Kier molecular flexibility index (Phi) is 4.08. The minimum absolute atomic E-state index is 0.153. The molecule has 1 heterocycles. The Bertz CT molecular complexity index is 631. The molecule has 0 fully saturated rings. The van der Waals surface area contributed by atoms with Crippen LogP contribution in [0.1, 0.15) is 19.4 Å².